The van der Waals surface area contributed by atoms with Crippen molar-refractivity contribution in [2.24, 2.45) is 0 Å². The highest BCUT2D eigenvalue weighted by atomic mass is 32.2. The molecule has 2 aromatic heterocycles. The Labute approximate surface area is 176 Å². The lowest BCUT2D eigenvalue weighted by Gasteiger charge is -2.08. The molecule has 2 N–H and O–H groups in total. The van der Waals surface area contributed by atoms with Gasteiger partial charge in [-0.25, -0.2) is 14.8 Å². The highest BCUT2D eigenvalue weighted by Crippen LogP contribution is 2.18. The maximum Gasteiger partial charge on any atom is 0.338 e. The summed E-state index contributed by atoms with van der Waals surface area (Å²) in [4.78, 5) is 47.5. The van der Waals surface area contributed by atoms with E-state index in [0.717, 1.165) is 17.5 Å². The molecular weight excluding hydrogens is 408 g/mol. The Morgan fingerprint density at radius 1 is 1.20 bits per heavy atom. The number of carbonyl (C=O) groups is 2. The van der Waals surface area contributed by atoms with Crippen LogP contribution in [0.2, 0.25) is 0 Å². The van der Waals surface area contributed by atoms with Gasteiger partial charge in [-0.05, 0) is 25.1 Å². The third-order valence-corrected chi connectivity index (χ3v) is 4.84. The molecular formula is C20H20N4O5S. The van der Waals surface area contributed by atoms with E-state index in [1.807, 2.05) is 30.3 Å². The number of fused-ring (bicyclic) bond motifs is 1. The predicted octanol–water partition coefficient (Wildman–Crippen LogP) is 1.70. The first-order valence-electron chi connectivity index (χ1n) is 9.05. The Morgan fingerprint density at radius 3 is 2.70 bits per heavy atom. The maximum atomic E-state index is 12.5. The molecule has 10 heteroatoms. The van der Waals surface area contributed by atoms with Crippen LogP contribution in [0.5, 0.6) is 5.75 Å². The number of methoxy groups -OCH3 is 1. The number of nitrogens with zero attached hydrogens (tertiary/aromatic N) is 2. The van der Waals surface area contributed by atoms with E-state index in [0.29, 0.717) is 18.8 Å². The molecule has 1 amide bonds. The molecule has 0 radical (unpaired) electrons. The van der Waals surface area contributed by atoms with Crippen molar-refractivity contribution < 1.29 is 19.1 Å². The second-order valence-corrected chi connectivity index (χ2v) is 7.14. The first kappa shape index (κ1) is 21.3. The molecule has 0 saturated carbocycles. The van der Waals surface area contributed by atoms with Crippen molar-refractivity contribution in [3.8, 4) is 5.75 Å². The number of thioether (sulfide) groups is 1. The van der Waals surface area contributed by atoms with Gasteiger partial charge in [0.2, 0.25) is 5.91 Å². The Balaban J connectivity index is 1.60. The second kappa shape index (κ2) is 9.88. The average Bonchev–Trinajstić information content (AvgIpc) is 2.74. The highest BCUT2D eigenvalue weighted by molar-refractivity contribution is 7.99. The number of aromatic nitrogens is 3. The summed E-state index contributed by atoms with van der Waals surface area (Å²) in [5, 5.41) is 3.02. The number of nitrogens with one attached hydrogen (secondary N) is 2. The lowest BCUT2D eigenvalue weighted by Crippen LogP contribution is -2.29. The van der Waals surface area contributed by atoms with Crippen LogP contribution in [0.15, 0.2) is 46.3 Å². The second-order valence-electron chi connectivity index (χ2n) is 6.17. The van der Waals surface area contributed by atoms with Gasteiger partial charge in [0.1, 0.15) is 12.4 Å². The van der Waals surface area contributed by atoms with Crippen LogP contribution in [0.3, 0.4) is 0 Å². The van der Waals surface area contributed by atoms with Crippen LogP contribution in [-0.2, 0) is 9.53 Å². The van der Waals surface area contributed by atoms with Gasteiger partial charge >= 0.3 is 5.97 Å². The fourth-order valence-corrected chi connectivity index (χ4v) is 3.33. The van der Waals surface area contributed by atoms with E-state index in [1.54, 1.807) is 6.92 Å². The number of hydrogen-bond donors (Lipinski definition) is 2. The van der Waals surface area contributed by atoms with Crippen LogP contribution < -0.4 is 15.6 Å². The number of carbonyl (C=O) groups excluding carboxylic acids is 2. The van der Waals surface area contributed by atoms with Crippen LogP contribution in [0, 0.1) is 6.92 Å². The van der Waals surface area contributed by atoms with Gasteiger partial charge in [0, 0.05) is 5.69 Å². The summed E-state index contributed by atoms with van der Waals surface area (Å²) in [6.07, 6.45) is 0. The molecule has 0 atom stereocenters. The van der Waals surface area contributed by atoms with Gasteiger partial charge in [-0.2, -0.15) is 0 Å². The number of esters is 1. The topological polar surface area (TPSA) is 123 Å². The quantitative estimate of drug-likeness (QED) is 0.241. The molecule has 0 fully saturated rings. The predicted molar refractivity (Wildman–Crippen MR) is 112 cm³/mol. The third-order valence-electron chi connectivity index (χ3n) is 3.96. The lowest BCUT2D eigenvalue weighted by atomic mass is 10.1. The Morgan fingerprint density at radius 2 is 1.97 bits per heavy atom. The average molecular weight is 428 g/mol. The standard InChI is InChI=1S/C20H20N4O5S/c1-12-10-14(19(27)28-2)16-17(22-12)23-20(24-18(16)26)30-11-15(25)21-8-9-29-13-6-4-3-5-7-13/h3-7,10H,8-9,11H2,1-2H3,(H,21,25)(H,22,23,24,26). The number of aromatic amines is 1. The molecule has 0 bridgehead atoms. The van der Waals surface area contributed by atoms with Crippen molar-refractivity contribution in [3.05, 3.63) is 58.0 Å². The molecule has 0 aliphatic rings. The lowest BCUT2D eigenvalue weighted by molar-refractivity contribution is -0.118. The molecule has 0 unspecified atom stereocenters. The first-order valence-corrected chi connectivity index (χ1v) is 10.0. The number of amides is 1. The molecule has 9 nitrogen and oxygen atoms in total. The zero-order valence-electron chi connectivity index (χ0n) is 16.4. The molecule has 0 spiro atoms. The summed E-state index contributed by atoms with van der Waals surface area (Å²) in [5.41, 5.74) is 0.222. The molecule has 3 rings (SSSR count). The van der Waals surface area contributed by atoms with Crippen LogP contribution in [0.25, 0.3) is 11.0 Å². The van der Waals surface area contributed by atoms with E-state index in [1.165, 1.54) is 13.2 Å². The smallest absolute Gasteiger partial charge is 0.338 e. The summed E-state index contributed by atoms with van der Waals surface area (Å²) >= 11 is 1.06. The third kappa shape index (κ3) is 5.35. The summed E-state index contributed by atoms with van der Waals surface area (Å²) in [5.74, 6) is -0.0922. The van der Waals surface area contributed by atoms with Gasteiger partial charge < -0.3 is 19.8 Å². The highest BCUT2D eigenvalue weighted by Gasteiger charge is 2.17. The first-order chi connectivity index (χ1) is 14.5. The number of pyridine rings is 1. The number of para-hydroxylation sites is 1. The summed E-state index contributed by atoms with van der Waals surface area (Å²) in [6, 6.07) is 10.8. The van der Waals surface area contributed by atoms with E-state index in [9.17, 15) is 14.4 Å². The molecule has 0 aliphatic carbocycles. The molecule has 1 aromatic carbocycles. The Hall–Kier alpha value is -3.40. The van der Waals surface area contributed by atoms with E-state index in [4.69, 9.17) is 9.47 Å². The maximum absolute atomic E-state index is 12.5. The minimum Gasteiger partial charge on any atom is -0.492 e. The largest absolute Gasteiger partial charge is 0.492 e. The molecule has 156 valence electrons. The molecule has 2 heterocycles. The van der Waals surface area contributed by atoms with Crippen molar-refractivity contribution in [2.75, 3.05) is 26.0 Å². The monoisotopic (exact) mass is 428 g/mol. The minimum atomic E-state index is -0.643. The summed E-state index contributed by atoms with van der Waals surface area (Å²) in [7, 11) is 1.24. The Kier molecular flexibility index (Phi) is 7.02. The SMILES string of the molecule is COC(=O)c1cc(C)nc2nc(SCC(=O)NCCOc3ccccc3)[nH]c(=O)c12. The van der Waals surface area contributed by atoms with E-state index >= 15 is 0 Å². The molecule has 3 aromatic rings. The van der Waals surface area contributed by atoms with Gasteiger partial charge in [0.15, 0.2) is 10.8 Å². The van der Waals surface area contributed by atoms with Crippen LogP contribution in [-0.4, -0.2) is 52.8 Å². The van der Waals surface area contributed by atoms with Crippen molar-refractivity contribution in [3.63, 3.8) is 0 Å². The minimum absolute atomic E-state index is 0.0510. The van der Waals surface area contributed by atoms with Gasteiger partial charge in [-0.3, -0.25) is 9.59 Å². The van der Waals surface area contributed by atoms with E-state index in [2.05, 4.69) is 20.3 Å². The zero-order valence-corrected chi connectivity index (χ0v) is 17.2. The summed E-state index contributed by atoms with van der Waals surface area (Å²) < 4.78 is 10.2. The number of benzene rings is 1. The fraction of sp³-hybridized carbons (Fsp3) is 0.250. The van der Waals surface area contributed by atoms with Gasteiger partial charge in [0.25, 0.3) is 5.56 Å². The van der Waals surface area contributed by atoms with Crippen LogP contribution in [0.4, 0.5) is 0 Å². The van der Waals surface area contributed by atoms with Gasteiger partial charge in [0.05, 0.1) is 30.4 Å². The van der Waals surface area contributed by atoms with Crippen molar-refractivity contribution >= 4 is 34.7 Å². The van der Waals surface area contributed by atoms with E-state index < -0.39 is 11.5 Å². The zero-order chi connectivity index (χ0) is 21.5. The van der Waals surface area contributed by atoms with Crippen LogP contribution >= 0.6 is 11.8 Å². The number of rotatable bonds is 8. The van der Waals surface area contributed by atoms with Gasteiger partial charge in [-0.15, -0.1) is 0 Å². The molecule has 0 saturated heterocycles. The van der Waals surface area contributed by atoms with Crippen molar-refractivity contribution in [2.45, 2.75) is 12.1 Å². The molecule has 30 heavy (non-hydrogen) atoms. The number of ether oxygens (including phenoxy) is 2. The fourth-order valence-electron chi connectivity index (χ4n) is 2.65. The normalized spacial score (nSPS) is 10.6. The Bertz CT molecular complexity index is 1120. The molecule has 0 aliphatic heterocycles. The van der Waals surface area contributed by atoms with Crippen molar-refractivity contribution in [1.29, 1.82) is 0 Å². The summed E-state index contributed by atoms with van der Waals surface area (Å²) in [6.45, 7) is 2.37. The van der Waals surface area contributed by atoms with Crippen molar-refractivity contribution in [1.82, 2.24) is 20.3 Å². The number of hydrogen-bond acceptors (Lipinski definition) is 8. The number of aryl methyl sites for hydroxylation is 1. The van der Waals surface area contributed by atoms with E-state index in [-0.39, 0.29) is 33.4 Å². The van der Waals surface area contributed by atoms with Crippen LogP contribution in [0.1, 0.15) is 16.1 Å². The van der Waals surface area contributed by atoms with Gasteiger partial charge in [-0.1, -0.05) is 30.0 Å². The number of H-pyrrole nitrogens is 1.